The molecule has 2 fully saturated rings. The van der Waals surface area contributed by atoms with Crippen LogP contribution in [0.5, 0.6) is 5.75 Å². The number of methoxy groups -OCH3 is 1. The van der Waals surface area contributed by atoms with Crippen molar-refractivity contribution in [2.45, 2.75) is 25.9 Å². The van der Waals surface area contributed by atoms with Crippen molar-refractivity contribution in [1.82, 2.24) is 9.80 Å². The average molecular weight is 375 g/mol. The van der Waals surface area contributed by atoms with E-state index in [1.807, 2.05) is 4.90 Å². The Balaban J connectivity index is 1.73. The van der Waals surface area contributed by atoms with Crippen LogP contribution in [0.25, 0.3) is 0 Å². The highest BCUT2D eigenvalue weighted by molar-refractivity contribution is 5.99. The number of carbonyl (C=O) groups excluding carboxylic acids is 2. The molecule has 2 aliphatic rings. The predicted octanol–water partition coefficient (Wildman–Crippen LogP) is 1.84. The predicted molar refractivity (Wildman–Crippen MR) is 103 cm³/mol. The molecule has 2 aliphatic heterocycles. The first-order valence-corrected chi connectivity index (χ1v) is 9.56. The van der Waals surface area contributed by atoms with Crippen LogP contribution in [0, 0.1) is 5.92 Å². The van der Waals surface area contributed by atoms with Gasteiger partial charge < -0.3 is 24.6 Å². The third-order valence-corrected chi connectivity index (χ3v) is 5.33. The van der Waals surface area contributed by atoms with Crippen molar-refractivity contribution in [2.75, 3.05) is 52.3 Å². The lowest BCUT2D eigenvalue weighted by Gasteiger charge is -2.32. The van der Waals surface area contributed by atoms with Crippen molar-refractivity contribution in [1.29, 1.82) is 0 Å². The van der Waals surface area contributed by atoms with Crippen LogP contribution in [0.15, 0.2) is 18.2 Å². The van der Waals surface area contributed by atoms with Crippen molar-refractivity contribution < 1.29 is 19.1 Å². The van der Waals surface area contributed by atoms with E-state index < -0.39 is 6.10 Å². The van der Waals surface area contributed by atoms with Gasteiger partial charge >= 0.3 is 0 Å². The number of carbonyl (C=O) groups is 2. The normalized spacial score (nSPS) is 23.7. The molecule has 1 aromatic carbocycles. The lowest BCUT2D eigenvalue weighted by molar-refractivity contribution is -0.131. The molecule has 1 N–H and O–H groups in total. The van der Waals surface area contributed by atoms with Crippen molar-refractivity contribution >= 4 is 17.5 Å². The Morgan fingerprint density at radius 1 is 1.22 bits per heavy atom. The van der Waals surface area contributed by atoms with Crippen molar-refractivity contribution in [3.05, 3.63) is 23.8 Å². The van der Waals surface area contributed by atoms with E-state index in [1.54, 1.807) is 25.3 Å². The number of likely N-dealkylation sites (N-methyl/N-ethyl adjacent to an activating group) is 1. The third-order valence-electron chi connectivity index (χ3n) is 5.33. The molecule has 3 rings (SSSR count). The quantitative estimate of drug-likeness (QED) is 0.869. The van der Waals surface area contributed by atoms with Crippen LogP contribution in [-0.2, 0) is 9.53 Å². The van der Waals surface area contributed by atoms with E-state index in [2.05, 4.69) is 24.2 Å². The van der Waals surface area contributed by atoms with Crippen LogP contribution >= 0.6 is 0 Å². The maximum Gasteiger partial charge on any atom is 0.254 e. The monoisotopic (exact) mass is 375 g/mol. The van der Waals surface area contributed by atoms with Gasteiger partial charge in [0.25, 0.3) is 11.8 Å². The molecule has 1 aromatic rings. The average Bonchev–Trinajstić information content (AvgIpc) is 2.68. The Hall–Kier alpha value is -2.12. The van der Waals surface area contributed by atoms with Gasteiger partial charge in [0.2, 0.25) is 0 Å². The smallest absolute Gasteiger partial charge is 0.254 e. The molecule has 0 aromatic heterocycles. The lowest BCUT2D eigenvalue weighted by Crippen LogP contribution is -2.47. The minimum absolute atomic E-state index is 0.0243. The van der Waals surface area contributed by atoms with Crippen molar-refractivity contribution in [3.63, 3.8) is 0 Å². The Bertz CT molecular complexity index is 686. The minimum atomic E-state index is -0.463. The highest BCUT2D eigenvalue weighted by Gasteiger charge is 2.27. The number of amides is 2. The fourth-order valence-corrected chi connectivity index (χ4v) is 3.49. The molecule has 0 spiro atoms. The number of nitrogens with one attached hydrogen (secondary N) is 1. The van der Waals surface area contributed by atoms with Crippen LogP contribution < -0.4 is 10.1 Å². The molecular weight excluding hydrogens is 346 g/mol. The van der Waals surface area contributed by atoms with Gasteiger partial charge in [0.1, 0.15) is 11.9 Å². The van der Waals surface area contributed by atoms with Gasteiger partial charge in [0, 0.05) is 38.3 Å². The third kappa shape index (κ3) is 4.78. The van der Waals surface area contributed by atoms with Gasteiger partial charge in [-0.25, -0.2) is 0 Å². The Morgan fingerprint density at radius 2 is 1.96 bits per heavy atom. The second-order valence-electron chi connectivity index (χ2n) is 7.49. The summed E-state index contributed by atoms with van der Waals surface area (Å²) in [5, 5.41) is 2.89. The summed E-state index contributed by atoms with van der Waals surface area (Å²) in [4.78, 5) is 29.5. The molecule has 0 radical (unpaired) electrons. The Morgan fingerprint density at radius 3 is 2.63 bits per heavy atom. The van der Waals surface area contributed by atoms with E-state index in [9.17, 15) is 9.59 Å². The summed E-state index contributed by atoms with van der Waals surface area (Å²) >= 11 is 0. The highest BCUT2D eigenvalue weighted by Crippen LogP contribution is 2.28. The summed E-state index contributed by atoms with van der Waals surface area (Å²) in [6.07, 6.45) is 1.21. The summed E-state index contributed by atoms with van der Waals surface area (Å²) in [6, 6.07) is 5.17. The SMILES string of the molecule is COc1ccc(C(=O)N2CCN(C)CC2)cc1NC(=O)[C@@H]1C[C@@H](C)CCO1. The van der Waals surface area contributed by atoms with Gasteiger partial charge in [-0.05, 0) is 44.0 Å². The van der Waals surface area contributed by atoms with Crippen molar-refractivity contribution in [3.8, 4) is 5.75 Å². The van der Waals surface area contributed by atoms with Gasteiger partial charge in [-0.15, -0.1) is 0 Å². The maximum absolute atomic E-state index is 12.8. The molecule has 7 heteroatoms. The van der Waals surface area contributed by atoms with Crippen LogP contribution in [0.3, 0.4) is 0 Å². The topological polar surface area (TPSA) is 71.1 Å². The van der Waals surface area contributed by atoms with Gasteiger partial charge in [0.15, 0.2) is 0 Å². The first-order valence-electron chi connectivity index (χ1n) is 9.56. The molecule has 0 aliphatic carbocycles. The zero-order valence-corrected chi connectivity index (χ0v) is 16.4. The Labute approximate surface area is 160 Å². The number of hydrogen-bond acceptors (Lipinski definition) is 5. The molecule has 7 nitrogen and oxygen atoms in total. The van der Waals surface area contributed by atoms with Gasteiger partial charge in [-0.1, -0.05) is 6.92 Å². The maximum atomic E-state index is 12.8. The zero-order valence-electron chi connectivity index (χ0n) is 16.4. The number of hydrogen-bond donors (Lipinski definition) is 1. The molecule has 0 bridgehead atoms. The summed E-state index contributed by atoms with van der Waals surface area (Å²) in [5.41, 5.74) is 1.05. The number of rotatable bonds is 4. The fraction of sp³-hybridized carbons (Fsp3) is 0.600. The molecule has 2 heterocycles. The van der Waals surface area contributed by atoms with Crippen LogP contribution in [0.1, 0.15) is 30.1 Å². The number of ether oxygens (including phenoxy) is 2. The molecular formula is C20H29N3O4. The second-order valence-corrected chi connectivity index (χ2v) is 7.49. The molecule has 2 atom stereocenters. The zero-order chi connectivity index (χ0) is 19.4. The standard InChI is InChI=1S/C20H29N3O4/c1-14-6-11-27-18(12-14)19(24)21-16-13-15(4-5-17(16)26-3)20(25)23-9-7-22(2)8-10-23/h4-5,13-14,18H,6-12H2,1-3H3,(H,21,24)/t14-,18-/m0/s1. The molecule has 2 saturated heterocycles. The van der Waals surface area contributed by atoms with Crippen LogP contribution in [0.2, 0.25) is 0 Å². The lowest BCUT2D eigenvalue weighted by atomic mass is 9.97. The molecule has 2 amide bonds. The molecule has 27 heavy (non-hydrogen) atoms. The van der Waals surface area contributed by atoms with Gasteiger partial charge in [-0.3, -0.25) is 9.59 Å². The summed E-state index contributed by atoms with van der Waals surface area (Å²) < 4.78 is 11.0. The van der Waals surface area contributed by atoms with E-state index in [1.165, 1.54) is 0 Å². The summed E-state index contributed by atoms with van der Waals surface area (Å²) in [6.45, 7) is 5.86. The minimum Gasteiger partial charge on any atom is -0.495 e. The van der Waals surface area contributed by atoms with Crippen LogP contribution in [0.4, 0.5) is 5.69 Å². The van der Waals surface area contributed by atoms with E-state index in [-0.39, 0.29) is 11.8 Å². The fourth-order valence-electron chi connectivity index (χ4n) is 3.49. The number of nitrogens with zero attached hydrogens (tertiary/aromatic N) is 2. The highest BCUT2D eigenvalue weighted by atomic mass is 16.5. The molecule has 0 unspecified atom stereocenters. The number of piperazine rings is 1. The van der Waals surface area contributed by atoms with Crippen LogP contribution in [-0.4, -0.2) is 74.7 Å². The largest absolute Gasteiger partial charge is 0.495 e. The van der Waals surface area contributed by atoms with E-state index in [4.69, 9.17) is 9.47 Å². The molecule has 0 saturated carbocycles. The first kappa shape index (κ1) is 19.6. The summed E-state index contributed by atoms with van der Waals surface area (Å²) in [7, 11) is 3.60. The second kappa shape index (κ2) is 8.71. The van der Waals surface area contributed by atoms with Gasteiger partial charge in [-0.2, -0.15) is 0 Å². The van der Waals surface area contributed by atoms with Crippen molar-refractivity contribution in [2.24, 2.45) is 5.92 Å². The van der Waals surface area contributed by atoms with Gasteiger partial charge in [0.05, 0.1) is 12.8 Å². The van der Waals surface area contributed by atoms with E-state index in [0.717, 1.165) is 19.5 Å². The molecule has 148 valence electrons. The summed E-state index contributed by atoms with van der Waals surface area (Å²) in [5.74, 6) is 0.775. The van der Waals surface area contributed by atoms with E-state index >= 15 is 0 Å². The number of benzene rings is 1. The Kier molecular flexibility index (Phi) is 6.34. The van der Waals surface area contributed by atoms with E-state index in [0.29, 0.717) is 49.0 Å². The first-order chi connectivity index (χ1) is 13.0. The number of anilines is 1.